The lowest BCUT2D eigenvalue weighted by Gasteiger charge is -2.63. The van der Waals surface area contributed by atoms with Crippen LogP contribution >= 0.6 is 0 Å². The van der Waals surface area contributed by atoms with Gasteiger partial charge in [0.2, 0.25) is 0 Å². The summed E-state index contributed by atoms with van der Waals surface area (Å²) < 4.78 is 34.9. The van der Waals surface area contributed by atoms with Crippen LogP contribution in [-0.2, 0) is 38.0 Å². The number of aldehydes is 1. The van der Waals surface area contributed by atoms with Crippen molar-refractivity contribution in [3.05, 3.63) is 11.6 Å². The zero-order valence-electron chi connectivity index (χ0n) is 29.0. The summed E-state index contributed by atoms with van der Waals surface area (Å²) in [4.78, 5) is 25.1. The van der Waals surface area contributed by atoms with Crippen molar-refractivity contribution in [1.29, 1.82) is 0 Å². The van der Waals surface area contributed by atoms with Crippen molar-refractivity contribution >= 4 is 12.3 Å². The number of hydrogen-bond donors (Lipinski definition) is 6. The molecule has 0 bridgehead atoms. The Hall–Kier alpha value is -1.56. The van der Waals surface area contributed by atoms with E-state index in [9.17, 15) is 40.2 Å². The predicted octanol–water partition coefficient (Wildman–Crippen LogP) is 0.113. The summed E-state index contributed by atoms with van der Waals surface area (Å²) in [7, 11) is 1.40. The number of esters is 1. The maximum atomic E-state index is 13.2. The van der Waals surface area contributed by atoms with E-state index < -0.39 is 84.4 Å². The van der Waals surface area contributed by atoms with E-state index in [2.05, 4.69) is 6.92 Å². The summed E-state index contributed by atoms with van der Waals surface area (Å²) in [6.07, 6.45) is -3.53. The zero-order chi connectivity index (χ0) is 35.7. The van der Waals surface area contributed by atoms with Gasteiger partial charge in [-0.15, -0.1) is 0 Å². The third-order valence-corrected chi connectivity index (χ3v) is 14.2. The molecule has 7 rings (SSSR count). The number of carbonyl (C=O) groups excluding carboxylic acids is 2. The van der Waals surface area contributed by atoms with E-state index in [0.717, 1.165) is 44.0 Å². The maximum Gasteiger partial charge on any atom is 0.331 e. The van der Waals surface area contributed by atoms with E-state index in [1.54, 1.807) is 13.0 Å². The van der Waals surface area contributed by atoms with Crippen LogP contribution in [-0.4, -0.2) is 136 Å². The lowest BCUT2D eigenvalue weighted by Crippen LogP contribution is -2.65. The molecule has 4 saturated carbocycles. The molecule has 282 valence electrons. The molecule has 6 fully saturated rings. The Kier molecular flexibility index (Phi) is 10.1. The van der Waals surface area contributed by atoms with Crippen LogP contribution in [0.3, 0.4) is 0 Å². The molecule has 0 aromatic rings. The number of aliphatic hydroxyl groups excluding tert-OH is 5. The Bertz CT molecular complexity index is 1310. The van der Waals surface area contributed by atoms with Crippen LogP contribution in [0.1, 0.15) is 71.6 Å². The van der Waals surface area contributed by atoms with Crippen LogP contribution in [0.4, 0.5) is 0 Å². The third-order valence-electron chi connectivity index (χ3n) is 14.2. The van der Waals surface area contributed by atoms with Gasteiger partial charge in [-0.2, -0.15) is 0 Å². The van der Waals surface area contributed by atoms with Crippen LogP contribution in [0, 0.1) is 34.5 Å². The molecule has 14 heteroatoms. The van der Waals surface area contributed by atoms with Crippen molar-refractivity contribution < 1.29 is 68.6 Å². The first-order valence-electron chi connectivity index (χ1n) is 18.4. The van der Waals surface area contributed by atoms with Gasteiger partial charge in [0.05, 0.1) is 24.4 Å². The van der Waals surface area contributed by atoms with E-state index in [-0.39, 0.29) is 35.7 Å². The average Bonchev–Trinajstić information content (AvgIpc) is 3.65. The van der Waals surface area contributed by atoms with E-state index in [0.29, 0.717) is 32.3 Å². The number of methoxy groups -OCH3 is 1. The van der Waals surface area contributed by atoms with Gasteiger partial charge in [-0.25, -0.2) is 4.79 Å². The van der Waals surface area contributed by atoms with Gasteiger partial charge in [-0.05, 0) is 94.0 Å². The molecule has 4 aliphatic carbocycles. The Labute approximate surface area is 292 Å². The highest BCUT2D eigenvalue weighted by Gasteiger charge is 2.69. The van der Waals surface area contributed by atoms with Crippen molar-refractivity contribution in [2.24, 2.45) is 34.5 Å². The number of fused-ring (bicyclic) bond motifs is 5. The summed E-state index contributed by atoms with van der Waals surface area (Å²) in [6, 6.07) is 0. The number of rotatable bonds is 8. The highest BCUT2D eigenvalue weighted by Crippen LogP contribution is 2.69. The number of hydrogen-bond acceptors (Lipinski definition) is 14. The minimum Gasteiger partial charge on any atom is -0.458 e. The Morgan fingerprint density at radius 3 is 2.34 bits per heavy atom. The molecule has 14 nitrogen and oxygen atoms in total. The number of carbonyl (C=O) groups is 2. The summed E-state index contributed by atoms with van der Waals surface area (Å²) in [5, 5.41) is 64.3. The number of ether oxygens (including phenoxy) is 6. The highest BCUT2D eigenvalue weighted by atomic mass is 16.7. The predicted molar refractivity (Wildman–Crippen MR) is 171 cm³/mol. The Balaban J connectivity index is 1.01. The molecule has 0 aromatic carbocycles. The first kappa shape index (κ1) is 36.8. The lowest BCUT2D eigenvalue weighted by atomic mass is 9.43. The second-order valence-corrected chi connectivity index (χ2v) is 16.2. The highest BCUT2D eigenvalue weighted by molar-refractivity contribution is 5.85. The van der Waals surface area contributed by atoms with E-state index in [1.807, 2.05) is 0 Å². The first-order chi connectivity index (χ1) is 23.8. The molecule has 2 saturated heterocycles. The van der Waals surface area contributed by atoms with Crippen molar-refractivity contribution in [1.82, 2.24) is 0 Å². The van der Waals surface area contributed by atoms with Crippen molar-refractivity contribution in [2.75, 3.05) is 20.3 Å². The molecular weight excluding hydrogens is 656 g/mol. The van der Waals surface area contributed by atoms with Crippen molar-refractivity contribution in [3.8, 4) is 0 Å². The van der Waals surface area contributed by atoms with E-state index in [4.69, 9.17) is 28.4 Å². The van der Waals surface area contributed by atoms with Crippen LogP contribution in [0.5, 0.6) is 0 Å². The third kappa shape index (κ3) is 5.64. The summed E-state index contributed by atoms with van der Waals surface area (Å²) in [5.74, 6) is -0.159. The van der Waals surface area contributed by atoms with E-state index in [1.165, 1.54) is 7.11 Å². The summed E-state index contributed by atoms with van der Waals surface area (Å²) in [5.41, 5.74) is -0.922. The van der Waals surface area contributed by atoms with Gasteiger partial charge in [0.25, 0.3) is 0 Å². The molecule has 3 aliphatic heterocycles. The fourth-order valence-electron chi connectivity index (χ4n) is 11.5. The molecule has 6 N–H and O–H groups in total. The number of aliphatic hydroxyl groups is 6. The summed E-state index contributed by atoms with van der Waals surface area (Å²) >= 11 is 0. The lowest BCUT2D eigenvalue weighted by molar-refractivity contribution is -0.362. The van der Waals surface area contributed by atoms with Crippen molar-refractivity contribution in [3.63, 3.8) is 0 Å². The molecule has 3 heterocycles. The average molecular weight is 711 g/mol. The Morgan fingerprint density at radius 1 is 0.900 bits per heavy atom. The smallest absolute Gasteiger partial charge is 0.331 e. The van der Waals surface area contributed by atoms with Gasteiger partial charge >= 0.3 is 5.97 Å². The maximum absolute atomic E-state index is 13.2. The van der Waals surface area contributed by atoms with Crippen molar-refractivity contribution in [2.45, 2.75) is 145 Å². The van der Waals surface area contributed by atoms with Gasteiger partial charge in [-0.3, -0.25) is 0 Å². The van der Waals surface area contributed by atoms with Crippen LogP contribution in [0.25, 0.3) is 0 Å². The minimum absolute atomic E-state index is 0.0174. The molecule has 18 atom stereocenters. The zero-order valence-corrected chi connectivity index (χ0v) is 29.0. The molecule has 0 radical (unpaired) electrons. The van der Waals surface area contributed by atoms with Gasteiger partial charge in [-0.1, -0.05) is 6.92 Å². The SMILES string of the molecule is CO[C@@H]1[C@H](O)[C@H](O[C@@H]2CC[C@]3(C=O)[C@H](CC[C@@H]4[C@@H]3CC[C@@]3(C)[C@@H](C5=CC(=O)OC5)CC[C@]43O)C2)O[C@H](C)[C@H]1O[C@H]1O[C@@H](CO)[C@@H](O)[C@@H](O)[C@H]1O. The second kappa shape index (κ2) is 13.7. The monoisotopic (exact) mass is 710 g/mol. The van der Waals surface area contributed by atoms with Crippen LogP contribution in [0.2, 0.25) is 0 Å². The fourth-order valence-corrected chi connectivity index (χ4v) is 11.5. The quantitative estimate of drug-likeness (QED) is 0.112. The van der Waals surface area contributed by atoms with Gasteiger partial charge in [0.15, 0.2) is 12.6 Å². The number of cyclic esters (lactones) is 1. The molecule has 0 aromatic heterocycles. The van der Waals surface area contributed by atoms with E-state index >= 15 is 0 Å². The largest absolute Gasteiger partial charge is 0.458 e. The molecular formula is C36H54O14. The molecule has 0 spiro atoms. The normalized spacial score (nSPS) is 53.5. The fraction of sp³-hybridized carbons (Fsp3) is 0.889. The summed E-state index contributed by atoms with van der Waals surface area (Å²) in [6.45, 7) is 3.55. The van der Waals surface area contributed by atoms with Crippen LogP contribution in [0.15, 0.2) is 11.6 Å². The first-order valence-corrected chi connectivity index (χ1v) is 18.4. The molecule has 7 aliphatic rings. The molecule has 50 heavy (non-hydrogen) atoms. The molecule has 0 amide bonds. The van der Waals surface area contributed by atoms with Gasteiger partial charge in [0, 0.05) is 24.0 Å². The topological polar surface area (TPSA) is 211 Å². The Morgan fingerprint density at radius 2 is 1.66 bits per heavy atom. The minimum atomic E-state index is -1.63. The standard InChI is InChI=1S/C36H54O14/c1-17-30(50-32-28(42)27(41)26(40)24(14-37)49-32)31(45-3)29(43)33(47-17)48-20-6-10-35(16-38)19(13-20)4-5-23-22(35)7-9-34(2)21(8-11-36(23,34)44)18-12-25(39)46-15-18/h12,16-17,19-24,26-33,37,40-44H,4-11,13-15H2,1-3H3/t17-,19-,20-,21-,22+,23-,24+,26-,27-,28-,29+,30-,31-,32-,33+,34+,35+,36+/m1/s1. The second-order valence-electron chi connectivity index (χ2n) is 16.2. The molecule has 0 unspecified atom stereocenters. The van der Waals surface area contributed by atoms with Gasteiger partial charge in [0.1, 0.15) is 55.6 Å². The van der Waals surface area contributed by atoms with Crippen LogP contribution < -0.4 is 0 Å². The van der Waals surface area contributed by atoms with Gasteiger partial charge < -0.3 is 63.9 Å².